The number of amides is 2. The third-order valence-electron chi connectivity index (χ3n) is 5.20. The molecule has 25 heavy (non-hydrogen) atoms. The van der Waals surface area contributed by atoms with Gasteiger partial charge < -0.3 is 5.32 Å². The molecule has 0 bridgehead atoms. The van der Waals surface area contributed by atoms with E-state index in [1.54, 1.807) is 11.5 Å². The molecular weight excluding hydrogens is 325 g/mol. The van der Waals surface area contributed by atoms with Gasteiger partial charge in [0.15, 0.2) is 0 Å². The Kier molecular flexibility index (Phi) is 4.79. The Hall–Kier alpha value is -1.99. The number of benzene rings is 1. The van der Waals surface area contributed by atoms with E-state index < -0.39 is 11.7 Å². The Bertz CT molecular complexity index is 701. The summed E-state index contributed by atoms with van der Waals surface area (Å²) in [5.74, 6) is -0.605. The second-order valence-electron chi connectivity index (χ2n) is 7.54. The number of halogens is 1. The molecule has 1 aromatic carbocycles. The van der Waals surface area contributed by atoms with E-state index in [9.17, 15) is 14.0 Å². The van der Waals surface area contributed by atoms with Crippen molar-refractivity contribution in [3.05, 3.63) is 34.6 Å². The highest BCUT2D eigenvalue weighted by Gasteiger charge is 2.41. The number of hydrogen-bond donors (Lipinski definition) is 3. The minimum absolute atomic E-state index is 0.00218. The number of carbonyl (C=O) groups is 2. The molecule has 0 atom stereocenters. The molecule has 3 N–H and O–H groups in total. The van der Waals surface area contributed by atoms with E-state index in [1.807, 2.05) is 0 Å². The molecule has 1 fully saturated rings. The standard InChI is InChI=1S/C18H24FN3O3/c1-11(23)20-18(2)7-12(8-18)9-22-4-3-13-5-14(17(24)21-25)6-16(19)15(13)10-22/h5-6,12,25H,3-4,7-10H2,1-2H3,(H,20,23)(H,21,24). The van der Waals surface area contributed by atoms with Crippen LogP contribution in [0.2, 0.25) is 0 Å². The summed E-state index contributed by atoms with van der Waals surface area (Å²) >= 11 is 0. The second kappa shape index (κ2) is 6.72. The molecule has 2 aliphatic rings. The van der Waals surface area contributed by atoms with Crippen LogP contribution in [0.15, 0.2) is 12.1 Å². The molecule has 1 aliphatic carbocycles. The van der Waals surface area contributed by atoms with E-state index in [1.165, 1.54) is 13.0 Å². The van der Waals surface area contributed by atoms with Gasteiger partial charge in [-0.15, -0.1) is 0 Å². The molecule has 1 heterocycles. The molecule has 1 aliphatic heterocycles. The maximum Gasteiger partial charge on any atom is 0.274 e. The molecule has 6 nitrogen and oxygen atoms in total. The average molecular weight is 349 g/mol. The zero-order valence-electron chi connectivity index (χ0n) is 14.6. The summed E-state index contributed by atoms with van der Waals surface area (Å²) in [5.41, 5.74) is 3.02. The van der Waals surface area contributed by atoms with Crippen molar-refractivity contribution in [2.24, 2.45) is 5.92 Å². The van der Waals surface area contributed by atoms with E-state index >= 15 is 0 Å². The van der Waals surface area contributed by atoms with E-state index in [0.717, 1.165) is 31.5 Å². The van der Waals surface area contributed by atoms with Crippen LogP contribution in [0.1, 0.15) is 48.2 Å². The second-order valence-corrected chi connectivity index (χ2v) is 7.54. The summed E-state index contributed by atoms with van der Waals surface area (Å²) in [7, 11) is 0. The Balaban J connectivity index is 1.61. The minimum atomic E-state index is -0.698. The van der Waals surface area contributed by atoms with Gasteiger partial charge in [0.25, 0.3) is 5.91 Å². The first-order chi connectivity index (χ1) is 11.8. The first-order valence-corrected chi connectivity index (χ1v) is 8.56. The summed E-state index contributed by atoms with van der Waals surface area (Å²) in [6.07, 6.45) is 2.55. The van der Waals surface area contributed by atoms with Crippen LogP contribution in [0.4, 0.5) is 4.39 Å². The van der Waals surface area contributed by atoms with Gasteiger partial charge >= 0.3 is 0 Å². The van der Waals surface area contributed by atoms with Crippen molar-refractivity contribution in [3.8, 4) is 0 Å². The van der Waals surface area contributed by atoms with Crippen molar-refractivity contribution in [2.75, 3.05) is 13.1 Å². The van der Waals surface area contributed by atoms with E-state index in [0.29, 0.717) is 24.4 Å². The van der Waals surface area contributed by atoms with Gasteiger partial charge in [-0.25, -0.2) is 9.87 Å². The van der Waals surface area contributed by atoms with Crippen LogP contribution in [0.3, 0.4) is 0 Å². The lowest BCUT2D eigenvalue weighted by molar-refractivity contribution is -0.122. The van der Waals surface area contributed by atoms with Crippen LogP contribution in [0.5, 0.6) is 0 Å². The van der Waals surface area contributed by atoms with E-state index in [4.69, 9.17) is 5.21 Å². The zero-order valence-corrected chi connectivity index (χ0v) is 14.6. The Labute approximate surface area is 146 Å². The average Bonchev–Trinajstić information content (AvgIpc) is 2.52. The maximum atomic E-state index is 14.4. The van der Waals surface area contributed by atoms with Gasteiger partial charge in [-0.3, -0.25) is 19.7 Å². The lowest BCUT2D eigenvalue weighted by Crippen LogP contribution is -2.56. The van der Waals surface area contributed by atoms with Crippen molar-refractivity contribution in [1.29, 1.82) is 0 Å². The fourth-order valence-corrected chi connectivity index (χ4v) is 4.26. The molecular formula is C18H24FN3O3. The summed E-state index contributed by atoms with van der Waals surface area (Å²) < 4.78 is 14.4. The van der Waals surface area contributed by atoms with Crippen LogP contribution in [0, 0.1) is 11.7 Å². The number of nitrogens with zero attached hydrogens (tertiary/aromatic N) is 1. The Morgan fingerprint density at radius 3 is 2.76 bits per heavy atom. The molecule has 0 spiro atoms. The van der Waals surface area contributed by atoms with Crippen molar-refractivity contribution in [2.45, 2.75) is 45.2 Å². The first-order valence-electron chi connectivity index (χ1n) is 8.56. The molecule has 1 saturated carbocycles. The van der Waals surface area contributed by atoms with Gasteiger partial charge in [-0.2, -0.15) is 0 Å². The summed E-state index contributed by atoms with van der Waals surface area (Å²) in [4.78, 5) is 24.9. The van der Waals surface area contributed by atoms with Crippen molar-refractivity contribution in [1.82, 2.24) is 15.7 Å². The SMILES string of the molecule is CC(=O)NC1(C)CC(CN2CCc3cc(C(=O)NO)cc(F)c3C2)C1. The van der Waals surface area contributed by atoms with Crippen LogP contribution < -0.4 is 10.8 Å². The van der Waals surface area contributed by atoms with Gasteiger partial charge in [0.2, 0.25) is 5.91 Å². The topological polar surface area (TPSA) is 81.7 Å². The fourth-order valence-electron chi connectivity index (χ4n) is 4.26. The quantitative estimate of drug-likeness (QED) is 0.570. The van der Waals surface area contributed by atoms with Gasteiger partial charge in [0, 0.05) is 43.2 Å². The number of nitrogens with one attached hydrogen (secondary N) is 2. The minimum Gasteiger partial charge on any atom is -0.351 e. The monoisotopic (exact) mass is 349 g/mol. The summed E-state index contributed by atoms with van der Waals surface area (Å²) in [6.45, 7) is 5.81. The predicted octanol–water partition coefficient (Wildman–Crippen LogP) is 1.61. The normalized spacial score (nSPS) is 25.7. The maximum absolute atomic E-state index is 14.4. The highest BCUT2D eigenvalue weighted by atomic mass is 19.1. The third kappa shape index (κ3) is 3.82. The summed E-state index contributed by atoms with van der Waals surface area (Å²) in [5, 5.41) is 11.7. The van der Waals surface area contributed by atoms with Gasteiger partial charge in [0.05, 0.1) is 0 Å². The number of fused-ring (bicyclic) bond motifs is 1. The van der Waals surface area contributed by atoms with E-state index in [2.05, 4.69) is 17.1 Å². The molecule has 136 valence electrons. The van der Waals surface area contributed by atoms with Crippen molar-refractivity contribution in [3.63, 3.8) is 0 Å². The van der Waals surface area contributed by atoms with Gasteiger partial charge in [-0.05, 0) is 49.8 Å². The molecule has 3 rings (SSSR count). The number of hydrogen-bond acceptors (Lipinski definition) is 4. The zero-order chi connectivity index (χ0) is 18.2. The van der Waals surface area contributed by atoms with Crippen LogP contribution in [0.25, 0.3) is 0 Å². The summed E-state index contributed by atoms with van der Waals surface area (Å²) in [6, 6.07) is 2.82. The third-order valence-corrected chi connectivity index (χ3v) is 5.20. The smallest absolute Gasteiger partial charge is 0.274 e. The van der Waals surface area contributed by atoms with E-state index in [-0.39, 0.29) is 17.0 Å². The number of carbonyl (C=O) groups excluding carboxylic acids is 2. The largest absolute Gasteiger partial charge is 0.351 e. The first kappa shape index (κ1) is 17.8. The molecule has 1 aromatic rings. The Morgan fingerprint density at radius 2 is 2.12 bits per heavy atom. The van der Waals surface area contributed by atoms with Crippen molar-refractivity contribution < 1.29 is 19.2 Å². The Morgan fingerprint density at radius 1 is 1.40 bits per heavy atom. The molecule has 0 aromatic heterocycles. The number of rotatable bonds is 4. The molecule has 2 amide bonds. The highest BCUT2D eigenvalue weighted by Crippen LogP contribution is 2.38. The van der Waals surface area contributed by atoms with Gasteiger partial charge in [0.1, 0.15) is 5.82 Å². The lowest BCUT2D eigenvalue weighted by Gasteiger charge is -2.47. The van der Waals surface area contributed by atoms with Crippen LogP contribution in [-0.4, -0.2) is 40.5 Å². The fraction of sp³-hybridized carbons (Fsp3) is 0.556. The molecule has 0 saturated heterocycles. The molecule has 0 radical (unpaired) electrons. The number of hydroxylamine groups is 1. The van der Waals surface area contributed by atoms with Crippen LogP contribution in [-0.2, 0) is 17.8 Å². The van der Waals surface area contributed by atoms with Crippen molar-refractivity contribution >= 4 is 11.8 Å². The molecule has 7 heteroatoms. The van der Waals surface area contributed by atoms with Crippen LogP contribution >= 0.6 is 0 Å². The lowest BCUT2D eigenvalue weighted by atomic mass is 9.69. The van der Waals surface area contributed by atoms with Gasteiger partial charge in [-0.1, -0.05) is 0 Å². The predicted molar refractivity (Wildman–Crippen MR) is 89.6 cm³/mol. The molecule has 0 unspecified atom stereocenters. The highest BCUT2D eigenvalue weighted by molar-refractivity contribution is 5.93.